The van der Waals surface area contributed by atoms with Gasteiger partial charge in [0.15, 0.2) is 0 Å². The third-order valence-corrected chi connectivity index (χ3v) is 3.32. The highest BCUT2D eigenvalue weighted by Crippen LogP contribution is 2.15. The number of hydrogen-bond acceptors (Lipinski definition) is 4. The molecule has 1 N–H and O–H groups in total. The minimum absolute atomic E-state index is 0.0768. The molecule has 0 bridgehead atoms. The van der Waals surface area contributed by atoms with Crippen LogP contribution in [-0.2, 0) is 9.53 Å². The average molecular weight is 242 g/mol. The number of hydrogen-bond donors (Lipinski definition) is 1. The Balaban J connectivity index is 2.47. The molecule has 2 unspecified atom stereocenters. The van der Waals surface area contributed by atoms with Crippen LogP contribution in [0.5, 0.6) is 0 Å². The highest BCUT2D eigenvalue weighted by molar-refractivity contribution is 5.70. The van der Waals surface area contributed by atoms with Crippen LogP contribution in [0.3, 0.4) is 0 Å². The standard InChI is InChI=1S/C13H26N2O2/c1-4-8-15(12-6-7-14-10-12)11(3)9-13(16)17-5-2/h11-12,14H,4-10H2,1-3H3. The van der Waals surface area contributed by atoms with E-state index in [1.54, 1.807) is 0 Å². The third-order valence-electron chi connectivity index (χ3n) is 3.32. The molecule has 0 aliphatic carbocycles. The maximum absolute atomic E-state index is 11.5. The number of rotatable bonds is 7. The highest BCUT2D eigenvalue weighted by atomic mass is 16.5. The second kappa shape index (κ2) is 7.67. The van der Waals surface area contributed by atoms with Crippen LogP contribution in [0.25, 0.3) is 0 Å². The summed E-state index contributed by atoms with van der Waals surface area (Å²) in [4.78, 5) is 14.0. The minimum Gasteiger partial charge on any atom is -0.466 e. The second-order valence-electron chi connectivity index (χ2n) is 4.74. The maximum atomic E-state index is 11.5. The summed E-state index contributed by atoms with van der Waals surface area (Å²) in [5.74, 6) is -0.0768. The Morgan fingerprint density at radius 3 is 2.82 bits per heavy atom. The van der Waals surface area contributed by atoms with Crippen LogP contribution in [0.15, 0.2) is 0 Å². The van der Waals surface area contributed by atoms with Crippen molar-refractivity contribution in [2.24, 2.45) is 0 Å². The van der Waals surface area contributed by atoms with E-state index in [0.29, 0.717) is 19.1 Å². The molecule has 0 saturated carbocycles. The number of carbonyl (C=O) groups is 1. The van der Waals surface area contributed by atoms with Crippen molar-refractivity contribution in [1.82, 2.24) is 10.2 Å². The van der Waals surface area contributed by atoms with Crippen LogP contribution < -0.4 is 5.32 Å². The first-order chi connectivity index (χ1) is 8.19. The lowest BCUT2D eigenvalue weighted by Gasteiger charge is -2.33. The van der Waals surface area contributed by atoms with Gasteiger partial charge in [-0.2, -0.15) is 0 Å². The van der Waals surface area contributed by atoms with Gasteiger partial charge in [-0.3, -0.25) is 9.69 Å². The van der Waals surface area contributed by atoms with E-state index < -0.39 is 0 Å². The van der Waals surface area contributed by atoms with E-state index in [9.17, 15) is 4.79 Å². The lowest BCUT2D eigenvalue weighted by Crippen LogP contribution is -2.44. The van der Waals surface area contributed by atoms with E-state index >= 15 is 0 Å². The van der Waals surface area contributed by atoms with E-state index in [1.165, 1.54) is 6.42 Å². The largest absolute Gasteiger partial charge is 0.466 e. The molecule has 1 saturated heterocycles. The molecule has 1 heterocycles. The van der Waals surface area contributed by atoms with Crippen LogP contribution in [0.2, 0.25) is 0 Å². The Hall–Kier alpha value is -0.610. The smallest absolute Gasteiger partial charge is 0.307 e. The number of nitrogens with one attached hydrogen (secondary N) is 1. The molecule has 4 heteroatoms. The zero-order valence-electron chi connectivity index (χ0n) is 11.4. The van der Waals surface area contributed by atoms with E-state index in [0.717, 1.165) is 26.1 Å². The first-order valence-electron chi connectivity index (χ1n) is 6.81. The van der Waals surface area contributed by atoms with Gasteiger partial charge in [-0.1, -0.05) is 6.92 Å². The van der Waals surface area contributed by atoms with E-state index in [4.69, 9.17) is 4.74 Å². The van der Waals surface area contributed by atoms with Crippen molar-refractivity contribution < 1.29 is 9.53 Å². The molecule has 0 radical (unpaired) electrons. The molecule has 0 aromatic carbocycles. The second-order valence-corrected chi connectivity index (χ2v) is 4.74. The third kappa shape index (κ3) is 4.64. The summed E-state index contributed by atoms with van der Waals surface area (Å²) in [5, 5.41) is 3.39. The van der Waals surface area contributed by atoms with E-state index in [2.05, 4.69) is 24.1 Å². The summed E-state index contributed by atoms with van der Waals surface area (Å²) in [5.41, 5.74) is 0. The monoisotopic (exact) mass is 242 g/mol. The lowest BCUT2D eigenvalue weighted by molar-refractivity contribution is -0.144. The molecule has 1 fully saturated rings. The fourth-order valence-electron chi connectivity index (χ4n) is 2.52. The first-order valence-corrected chi connectivity index (χ1v) is 6.81. The van der Waals surface area contributed by atoms with Gasteiger partial charge in [0.1, 0.15) is 0 Å². The van der Waals surface area contributed by atoms with Gasteiger partial charge < -0.3 is 10.1 Å². The molecule has 1 aliphatic rings. The predicted molar refractivity (Wildman–Crippen MR) is 69.0 cm³/mol. The average Bonchev–Trinajstić information content (AvgIpc) is 2.79. The number of ether oxygens (including phenoxy) is 1. The first kappa shape index (κ1) is 14.5. The summed E-state index contributed by atoms with van der Waals surface area (Å²) in [6.07, 6.45) is 2.82. The molecule has 2 atom stereocenters. The summed E-state index contributed by atoms with van der Waals surface area (Å²) < 4.78 is 5.02. The Morgan fingerprint density at radius 1 is 1.53 bits per heavy atom. The molecule has 1 rings (SSSR count). The van der Waals surface area contributed by atoms with Gasteiger partial charge in [0.05, 0.1) is 13.0 Å². The van der Waals surface area contributed by atoms with Crippen molar-refractivity contribution in [3.63, 3.8) is 0 Å². The van der Waals surface area contributed by atoms with Crippen molar-refractivity contribution in [1.29, 1.82) is 0 Å². The van der Waals surface area contributed by atoms with Crippen molar-refractivity contribution in [2.75, 3.05) is 26.2 Å². The van der Waals surface area contributed by atoms with Gasteiger partial charge in [0.25, 0.3) is 0 Å². The fraction of sp³-hybridized carbons (Fsp3) is 0.923. The van der Waals surface area contributed by atoms with Crippen LogP contribution in [0.4, 0.5) is 0 Å². The molecule has 4 nitrogen and oxygen atoms in total. The van der Waals surface area contributed by atoms with Gasteiger partial charge in [0.2, 0.25) is 0 Å². The molecule has 17 heavy (non-hydrogen) atoms. The minimum atomic E-state index is -0.0768. The molecular weight excluding hydrogens is 216 g/mol. The normalized spacial score (nSPS) is 21.8. The summed E-state index contributed by atoms with van der Waals surface area (Å²) in [7, 11) is 0. The van der Waals surface area contributed by atoms with Gasteiger partial charge in [-0.05, 0) is 39.8 Å². The van der Waals surface area contributed by atoms with Crippen LogP contribution in [0.1, 0.15) is 40.0 Å². The molecule has 0 aromatic rings. The Kier molecular flexibility index (Phi) is 6.52. The van der Waals surface area contributed by atoms with Gasteiger partial charge in [0, 0.05) is 18.6 Å². The zero-order valence-corrected chi connectivity index (χ0v) is 11.4. The summed E-state index contributed by atoms with van der Waals surface area (Å²) in [6.45, 7) is 9.85. The molecular formula is C13H26N2O2. The zero-order chi connectivity index (χ0) is 12.7. The SMILES string of the molecule is CCCN(C(C)CC(=O)OCC)C1CCNC1. The Labute approximate surface area is 105 Å². The lowest BCUT2D eigenvalue weighted by atomic mass is 10.1. The number of esters is 1. The van der Waals surface area contributed by atoms with Crippen molar-refractivity contribution in [3.05, 3.63) is 0 Å². The summed E-state index contributed by atoms with van der Waals surface area (Å²) in [6, 6.07) is 0.860. The molecule has 0 amide bonds. The van der Waals surface area contributed by atoms with Crippen molar-refractivity contribution in [2.45, 2.75) is 52.1 Å². The topological polar surface area (TPSA) is 41.6 Å². The van der Waals surface area contributed by atoms with Gasteiger partial charge >= 0.3 is 5.97 Å². The van der Waals surface area contributed by atoms with Crippen molar-refractivity contribution in [3.8, 4) is 0 Å². The summed E-state index contributed by atoms with van der Waals surface area (Å²) >= 11 is 0. The van der Waals surface area contributed by atoms with Gasteiger partial charge in [-0.25, -0.2) is 0 Å². The predicted octanol–water partition coefficient (Wildman–Crippen LogP) is 1.40. The maximum Gasteiger partial charge on any atom is 0.307 e. The number of nitrogens with zero attached hydrogens (tertiary/aromatic N) is 1. The highest BCUT2D eigenvalue weighted by Gasteiger charge is 2.26. The van der Waals surface area contributed by atoms with E-state index in [1.807, 2.05) is 6.92 Å². The van der Waals surface area contributed by atoms with Crippen LogP contribution in [-0.4, -0.2) is 49.2 Å². The molecule has 100 valence electrons. The number of carbonyl (C=O) groups excluding carboxylic acids is 1. The van der Waals surface area contributed by atoms with Crippen LogP contribution >= 0.6 is 0 Å². The van der Waals surface area contributed by atoms with Gasteiger partial charge in [-0.15, -0.1) is 0 Å². The Morgan fingerprint density at radius 2 is 2.29 bits per heavy atom. The fourth-order valence-corrected chi connectivity index (χ4v) is 2.52. The molecule has 0 spiro atoms. The van der Waals surface area contributed by atoms with Crippen molar-refractivity contribution >= 4 is 5.97 Å². The van der Waals surface area contributed by atoms with E-state index in [-0.39, 0.29) is 12.0 Å². The quantitative estimate of drug-likeness (QED) is 0.685. The van der Waals surface area contributed by atoms with Crippen LogP contribution in [0, 0.1) is 0 Å². The Bertz CT molecular complexity index is 227. The molecule has 0 aromatic heterocycles. The molecule has 1 aliphatic heterocycles.